The third-order valence-electron chi connectivity index (χ3n) is 3.11. The van der Waals surface area contributed by atoms with E-state index >= 15 is 0 Å². The van der Waals surface area contributed by atoms with Gasteiger partial charge in [-0.15, -0.1) is 0 Å². The van der Waals surface area contributed by atoms with Gasteiger partial charge < -0.3 is 10.2 Å². The van der Waals surface area contributed by atoms with E-state index in [-0.39, 0.29) is 0 Å². The van der Waals surface area contributed by atoms with E-state index in [1.807, 2.05) is 0 Å². The third kappa shape index (κ3) is 3.13. The van der Waals surface area contributed by atoms with Gasteiger partial charge in [0.2, 0.25) is 0 Å². The predicted octanol–water partition coefficient (Wildman–Crippen LogP) is 2.29. The molecule has 100 valence electrons. The number of nitrogens with zero attached hydrogens (tertiary/aromatic N) is 2. The van der Waals surface area contributed by atoms with E-state index in [1.165, 1.54) is 12.3 Å². The van der Waals surface area contributed by atoms with E-state index in [0.29, 0.717) is 6.04 Å². The lowest BCUT2D eigenvalue weighted by molar-refractivity contribution is -0.141. The molecule has 0 amide bonds. The molecule has 6 heteroatoms. The van der Waals surface area contributed by atoms with Gasteiger partial charge in [0.15, 0.2) is 0 Å². The van der Waals surface area contributed by atoms with Crippen LogP contribution < -0.4 is 10.2 Å². The second kappa shape index (κ2) is 5.14. The summed E-state index contributed by atoms with van der Waals surface area (Å²) in [5.41, 5.74) is -0.0912. The summed E-state index contributed by atoms with van der Waals surface area (Å²) in [6.07, 6.45) is -2.09. The first kappa shape index (κ1) is 13.1. The van der Waals surface area contributed by atoms with Crippen molar-refractivity contribution in [2.24, 2.45) is 0 Å². The van der Waals surface area contributed by atoms with Crippen LogP contribution in [0.2, 0.25) is 0 Å². The Labute approximate surface area is 104 Å². The van der Waals surface area contributed by atoms with Gasteiger partial charge in [0.25, 0.3) is 0 Å². The van der Waals surface area contributed by atoms with Gasteiger partial charge in [0, 0.05) is 25.7 Å². The van der Waals surface area contributed by atoms with Crippen molar-refractivity contribution >= 4 is 5.69 Å². The molecule has 1 N–H and O–H groups in total. The highest BCUT2D eigenvalue weighted by Gasteiger charge is 2.32. The van der Waals surface area contributed by atoms with E-state index in [0.717, 1.165) is 37.8 Å². The minimum absolute atomic E-state index is 0.442. The fraction of sp³-hybridized carbons (Fsp3) is 0.583. The summed E-state index contributed by atoms with van der Waals surface area (Å²) in [4.78, 5) is 5.55. The normalized spacial score (nSPS) is 21.8. The van der Waals surface area contributed by atoms with Gasteiger partial charge in [-0.05, 0) is 25.5 Å². The molecule has 18 heavy (non-hydrogen) atoms. The van der Waals surface area contributed by atoms with Gasteiger partial charge >= 0.3 is 6.18 Å². The lowest BCUT2D eigenvalue weighted by Crippen LogP contribution is -2.29. The number of rotatable bonds is 1. The molecule has 1 fully saturated rings. The number of anilines is 1. The van der Waals surface area contributed by atoms with E-state index in [4.69, 9.17) is 0 Å². The van der Waals surface area contributed by atoms with Crippen molar-refractivity contribution < 1.29 is 13.2 Å². The van der Waals surface area contributed by atoms with Gasteiger partial charge in [-0.25, -0.2) is 4.98 Å². The molecule has 2 rings (SSSR count). The maximum absolute atomic E-state index is 12.4. The zero-order valence-corrected chi connectivity index (χ0v) is 10.2. The first-order valence-electron chi connectivity index (χ1n) is 5.98. The summed E-state index contributed by atoms with van der Waals surface area (Å²) in [6.45, 7) is 4.56. The van der Waals surface area contributed by atoms with Crippen molar-refractivity contribution in [1.82, 2.24) is 10.3 Å². The molecule has 0 saturated carbocycles. The van der Waals surface area contributed by atoms with Crippen molar-refractivity contribution in [2.75, 3.05) is 24.5 Å². The van der Waals surface area contributed by atoms with E-state index in [2.05, 4.69) is 22.1 Å². The summed E-state index contributed by atoms with van der Waals surface area (Å²) in [6, 6.07) is 2.97. The molecule has 3 nitrogen and oxygen atoms in total. The minimum atomic E-state index is -4.37. The van der Waals surface area contributed by atoms with Crippen LogP contribution >= 0.6 is 0 Å². The molecule has 1 aromatic rings. The Morgan fingerprint density at radius 1 is 1.33 bits per heavy atom. The number of nitrogens with one attached hydrogen (secondary N) is 1. The first-order valence-corrected chi connectivity index (χ1v) is 5.98. The smallest absolute Gasteiger partial charge is 0.369 e. The molecule has 0 spiro atoms. The van der Waals surface area contributed by atoms with Crippen LogP contribution in [-0.4, -0.2) is 30.7 Å². The number of alkyl halides is 3. The molecular weight excluding hydrogens is 243 g/mol. The zero-order chi connectivity index (χ0) is 13.2. The molecule has 1 unspecified atom stereocenters. The molecule has 0 aliphatic carbocycles. The van der Waals surface area contributed by atoms with Crippen LogP contribution in [0, 0.1) is 0 Å². The van der Waals surface area contributed by atoms with Crippen LogP contribution in [0.1, 0.15) is 19.0 Å². The van der Waals surface area contributed by atoms with Crippen molar-refractivity contribution in [1.29, 1.82) is 0 Å². The largest absolute Gasteiger partial charge is 0.433 e. The highest BCUT2D eigenvalue weighted by Crippen LogP contribution is 2.28. The second-order valence-corrected chi connectivity index (χ2v) is 4.53. The maximum Gasteiger partial charge on any atom is 0.433 e. The molecule has 1 aliphatic rings. The third-order valence-corrected chi connectivity index (χ3v) is 3.11. The minimum Gasteiger partial charge on any atom is -0.369 e. The fourth-order valence-electron chi connectivity index (χ4n) is 2.01. The van der Waals surface area contributed by atoms with Gasteiger partial charge in [0.05, 0.1) is 11.9 Å². The first-order chi connectivity index (χ1) is 8.47. The molecule has 1 atom stereocenters. The molecule has 1 aromatic heterocycles. The van der Waals surface area contributed by atoms with Crippen LogP contribution in [0.3, 0.4) is 0 Å². The highest BCUT2D eigenvalue weighted by atomic mass is 19.4. The van der Waals surface area contributed by atoms with Crippen LogP contribution in [0.4, 0.5) is 18.9 Å². The SMILES string of the molecule is CC1CCN(c2ccc(C(F)(F)F)nc2)CCN1. The molecule has 0 bridgehead atoms. The summed E-state index contributed by atoms with van der Waals surface area (Å²) in [5, 5.41) is 3.34. The number of hydrogen-bond acceptors (Lipinski definition) is 3. The Bertz CT molecular complexity index is 389. The molecule has 0 radical (unpaired) electrons. The standard InChI is InChI=1S/C12H16F3N3/c1-9-4-6-18(7-5-16-9)10-2-3-11(17-8-10)12(13,14)15/h2-3,8-9,16H,4-7H2,1H3. The maximum atomic E-state index is 12.4. The number of halogens is 3. The van der Waals surface area contributed by atoms with Gasteiger partial charge in [0.1, 0.15) is 5.69 Å². The van der Waals surface area contributed by atoms with Crippen LogP contribution in [-0.2, 0) is 6.18 Å². The predicted molar refractivity (Wildman–Crippen MR) is 63.5 cm³/mol. The van der Waals surface area contributed by atoms with Crippen molar-refractivity contribution in [3.63, 3.8) is 0 Å². The number of hydrogen-bond donors (Lipinski definition) is 1. The summed E-state index contributed by atoms with van der Waals surface area (Å²) >= 11 is 0. The topological polar surface area (TPSA) is 28.2 Å². The summed E-state index contributed by atoms with van der Waals surface area (Å²) < 4.78 is 37.2. The molecule has 1 aliphatic heterocycles. The zero-order valence-electron chi connectivity index (χ0n) is 10.2. The molecule has 2 heterocycles. The van der Waals surface area contributed by atoms with Crippen LogP contribution in [0.25, 0.3) is 0 Å². The quantitative estimate of drug-likeness (QED) is 0.838. The highest BCUT2D eigenvalue weighted by molar-refractivity contribution is 5.45. The van der Waals surface area contributed by atoms with Gasteiger partial charge in [-0.1, -0.05) is 0 Å². The van der Waals surface area contributed by atoms with E-state index in [9.17, 15) is 13.2 Å². The average Bonchev–Trinajstić information content (AvgIpc) is 2.53. The van der Waals surface area contributed by atoms with Crippen molar-refractivity contribution in [3.8, 4) is 0 Å². The second-order valence-electron chi connectivity index (χ2n) is 4.53. The van der Waals surface area contributed by atoms with Crippen LogP contribution in [0.5, 0.6) is 0 Å². The molecule has 1 saturated heterocycles. The molecule has 0 aromatic carbocycles. The number of pyridine rings is 1. The lowest BCUT2D eigenvalue weighted by Gasteiger charge is -2.22. The Balaban J connectivity index is 2.09. The fourth-order valence-corrected chi connectivity index (χ4v) is 2.01. The van der Waals surface area contributed by atoms with Crippen molar-refractivity contribution in [2.45, 2.75) is 25.6 Å². The Kier molecular flexibility index (Phi) is 3.75. The van der Waals surface area contributed by atoms with E-state index < -0.39 is 11.9 Å². The van der Waals surface area contributed by atoms with Crippen LogP contribution in [0.15, 0.2) is 18.3 Å². The Morgan fingerprint density at radius 2 is 2.11 bits per heavy atom. The van der Waals surface area contributed by atoms with Crippen molar-refractivity contribution in [3.05, 3.63) is 24.0 Å². The lowest BCUT2D eigenvalue weighted by atomic mass is 10.2. The summed E-state index contributed by atoms with van der Waals surface area (Å²) in [7, 11) is 0. The number of aromatic nitrogens is 1. The summed E-state index contributed by atoms with van der Waals surface area (Å²) in [5.74, 6) is 0. The van der Waals surface area contributed by atoms with Gasteiger partial charge in [-0.3, -0.25) is 0 Å². The monoisotopic (exact) mass is 259 g/mol. The average molecular weight is 259 g/mol. The van der Waals surface area contributed by atoms with E-state index in [1.54, 1.807) is 0 Å². The van der Waals surface area contributed by atoms with Gasteiger partial charge in [-0.2, -0.15) is 13.2 Å². The Morgan fingerprint density at radius 3 is 2.72 bits per heavy atom. The molecular formula is C12H16F3N3. The Hall–Kier alpha value is -1.30.